The van der Waals surface area contributed by atoms with E-state index in [0.29, 0.717) is 13.2 Å². The minimum Gasteiger partial charge on any atom is -0.481 e. The maximum Gasteiger partial charge on any atom is 0.303 e. The van der Waals surface area contributed by atoms with Gasteiger partial charge in [-0.15, -0.1) is 0 Å². The van der Waals surface area contributed by atoms with E-state index in [-0.39, 0.29) is 0 Å². The summed E-state index contributed by atoms with van der Waals surface area (Å²) in [6.45, 7) is 0.321. The Balaban J connectivity index is 1.44. The molecule has 4 heteroatoms. The Morgan fingerprint density at radius 1 is 0.958 bits per heavy atom. The molecule has 0 aromatic heterocycles. The monoisotopic (exact) mass is 332 g/mol. The van der Waals surface area contributed by atoms with Crippen LogP contribution in [-0.4, -0.2) is 17.9 Å². The summed E-state index contributed by atoms with van der Waals surface area (Å²) < 4.78 is 10.7. The van der Waals surface area contributed by atoms with Crippen molar-refractivity contribution in [3.63, 3.8) is 0 Å². The molecule has 1 heterocycles. The van der Waals surface area contributed by atoms with E-state index in [1.807, 2.05) is 18.2 Å². The number of fused-ring (bicyclic) bond motifs is 1. The normalized spacial score (nSPS) is 12.8. The molecule has 0 bridgehead atoms. The molecule has 0 saturated heterocycles. The molecule has 4 nitrogen and oxygen atoms in total. The first-order valence-electron chi connectivity index (χ1n) is 9.04. The molecule has 0 spiro atoms. The van der Waals surface area contributed by atoms with Crippen LogP contribution in [0.3, 0.4) is 0 Å². The third kappa shape index (κ3) is 7.07. The van der Waals surface area contributed by atoms with Crippen molar-refractivity contribution in [3.05, 3.63) is 29.8 Å². The zero-order chi connectivity index (χ0) is 17.0. The van der Waals surface area contributed by atoms with Crippen LogP contribution in [0.15, 0.2) is 24.3 Å². The highest BCUT2D eigenvalue weighted by atomic mass is 16.7. The number of benzene rings is 1. The molecule has 1 N–H and O–H groups in total. The van der Waals surface area contributed by atoms with Crippen LogP contribution < -0.4 is 9.47 Å². The largest absolute Gasteiger partial charge is 0.481 e. The van der Waals surface area contributed by atoms with E-state index < -0.39 is 5.97 Å². The molecule has 0 fully saturated rings. The lowest BCUT2D eigenvalue weighted by molar-refractivity contribution is -0.137. The molecule has 24 heavy (non-hydrogen) atoms. The van der Waals surface area contributed by atoms with Gasteiger partial charge in [-0.3, -0.25) is 4.79 Å². The number of ether oxygens (including phenoxy) is 2. The van der Waals surface area contributed by atoms with Crippen molar-refractivity contribution in [3.8, 4) is 11.5 Å². The topological polar surface area (TPSA) is 55.8 Å². The van der Waals surface area contributed by atoms with Gasteiger partial charge in [0.2, 0.25) is 6.79 Å². The van der Waals surface area contributed by atoms with E-state index >= 15 is 0 Å². The average molecular weight is 332 g/mol. The highest BCUT2D eigenvalue weighted by Gasteiger charge is 2.11. The zero-order valence-corrected chi connectivity index (χ0v) is 14.3. The van der Waals surface area contributed by atoms with Crippen LogP contribution in [0, 0.1) is 0 Å². The van der Waals surface area contributed by atoms with Crippen molar-refractivity contribution in [1.29, 1.82) is 0 Å². The van der Waals surface area contributed by atoms with Gasteiger partial charge in [-0.25, -0.2) is 0 Å². The molecule has 1 aliphatic rings. The Labute approximate surface area is 144 Å². The van der Waals surface area contributed by atoms with Crippen LogP contribution >= 0.6 is 0 Å². The maximum absolute atomic E-state index is 10.4. The standard InChI is InChI=1S/C20H28O4/c21-20(22)12-10-8-6-4-2-1-3-5-7-9-11-17-13-14-18-19(15-17)24-16-23-18/h9,11,13-15H,1-8,10,12,16H2,(H,21,22)/b11-9+. The first-order chi connectivity index (χ1) is 11.8. The Morgan fingerprint density at radius 3 is 2.38 bits per heavy atom. The Bertz CT molecular complexity index is 536. The van der Waals surface area contributed by atoms with Gasteiger partial charge in [0.05, 0.1) is 0 Å². The molecule has 2 rings (SSSR count). The van der Waals surface area contributed by atoms with Crippen LogP contribution in [0.4, 0.5) is 0 Å². The molecular formula is C20H28O4. The summed E-state index contributed by atoms with van der Waals surface area (Å²) in [5.74, 6) is 0.986. The second kappa shape index (κ2) is 10.7. The second-order valence-corrected chi connectivity index (χ2v) is 6.28. The van der Waals surface area contributed by atoms with E-state index in [1.165, 1.54) is 32.1 Å². The molecule has 1 aliphatic heterocycles. The Hall–Kier alpha value is -1.97. The first kappa shape index (κ1) is 18.4. The quantitative estimate of drug-likeness (QED) is 0.520. The molecule has 0 aliphatic carbocycles. The summed E-state index contributed by atoms with van der Waals surface area (Å²) in [5.41, 5.74) is 1.15. The van der Waals surface area contributed by atoms with E-state index in [2.05, 4.69) is 12.2 Å². The van der Waals surface area contributed by atoms with Gasteiger partial charge in [0.1, 0.15) is 0 Å². The van der Waals surface area contributed by atoms with Crippen LogP contribution in [0.25, 0.3) is 6.08 Å². The number of hydrogen-bond donors (Lipinski definition) is 1. The highest BCUT2D eigenvalue weighted by molar-refractivity contribution is 5.66. The van der Waals surface area contributed by atoms with Crippen molar-refractivity contribution < 1.29 is 19.4 Å². The van der Waals surface area contributed by atoms with Crippen molar-refractivity contribution in [1.82, 2.24) is 0 Å². The lowest BCUT2D eigenvalue weighted by Gasteiger charge is -2.01. The fourth-order valence-corrected chi connectivity index (χ4v) is 2.84. The van der Waals surface area contributed by atoms with Gasteiger partial charge in [0, 0.05) is 6.42 Å². The number of aliphatic carboxylic acids is 1. The Morgan fingerprint density at radius 2 is 1.62 bits per heavy atom. The number of carbonyl (C=O) groups is 1. The third-order valence-electron chi connectivity index (χ3n) is 4.22. The first-order valence-corrected chi connectivity index (χ1v) is 9.04. The van der Waals surface area contributed by atoms with Crippen LogP contribution in [0.1, 0.15) is 69.8 Å². The molecule has 0 radical (unpaired) electrons. The molecule has 1 aromatic rings. The predicted molar refractivity (Wildman–Crippen MR) is 95.4 cm³/mol. The molecule has 1 aromatic carbocycles. The second-order valence-electron chi connectivity index (χ2n) is 6.28. The summed E-state index contributed by atoms with van der Waals surface area (Å²) in [7, 11) is 0. The summed E-state index contributed by atoms with van der Waals surface area (Å²) in [6, 6.07) is 6.02. The molecule has 0 saturated carbocycles. The summed E-state index contributed by atoms with van der Waals surface area (Å²) in [6.07, 6.45) is 15.1. The van der Waals surface area contributed by atoms with E-state index in [0.717, 1.165) is 42.7 Å². The van der Waals surface area contributed by atoms with E-state index in [1.54, 1.807) is 0 Å². The lowest BCUT2D eigenvalue weighted by Crippen LogP contribution is -1.93. The fourth-order valence-electron chi connectivity index (χ4n) is 2.84. The number of unbranched alkanes of at least 4 members (excludes halogenated alkanes) is 8. The Kier molecular flexibility index (Phi) is 8.22. The van der Waals surface area contributed by atoms with Gasteiger partial charge in [0.15, 0.2) is 11.5 Å². The lowest BCUT2D eigenvalue weighted by atomic mass is 10.1. The van der Waals surface area contributed by atoms with Gasteiger partial charge in [-0.2, -0.15) is 0 Å². The third-order valence-corrected chi connectivity index (χ3v) is 4.22. The molecule has 0 atom stereocenters. The summed E-state index contributed by atoms with van der Waals surface area (Å²) in [5, 5.41) is 8.55. The molecule has 0 amide bonds. The average Bonchev–Trinajstić information content (AvgIpc) is 3.03. The van der Waals surface area contributed by atoms with Crippen LogP contribution in [0.2, 0.25) is 0 Å². The smallest absolute Gasteiger partial charge is 0.303 e. The van der Waals surface area contributed by atoms with Crippen LogP contribution in [0.5, 0.6) is 11.5 Å². The highest BCUT2D eigenvalue weighted by Crippen LogP contribution is 2.32. The van der Waals surface area contributed by atoms with E-state index in [9.17, 15) is 4.79 Å². The number of carboxylic acid groups (broad SMARTS) is 1. The SMILES string of the molecule is O=C(O)CCCCCCCCCC/C=C/c1ccc2c(c1)OCO2. The van der Waals surface area contributed by atoms with Gasteiger partial charge in [-0.1, -0.05) is 56.7 Å². The fraction of sp³-hybridized carbons (Fsp3) is 0.550. The van der Waals surface area contributed by atoms with Crippen molar-refractivity contribution >= 4 is 12.0 Å². The molecular weight excluding hydrogens is 304 g/mol. The number of hydrogen-bond acceptors (Lipinski definition) is 3. The minimum absolute atomic E-state index is 0.315. The van der Waals surface area contributed by atoms with Gasteiger partial charge in [0.25, 0.3) is 0 Å². The molecule has 132 valence electrons. The van der Waals surface area contributed by atoms with E-state index in [4.69, 9.17) is 14.6 Å². The number of rotatable bonds is 12. The van der Waals surface area contributed by atoms with Gasteiger partial charge >= 0.3 is 5.97 Å². The summed E-state index contributed by atoms with van der Waals surface area (Å²) >= 11 is 0. The molecule has 0 unspecified atom stereocenters. The number of allylic oxidation sites excluding steroid dienone is 1. The minimum atomic E-state index is -0.677. The zero-order valence-electron chi connectivity index (χ0n) is 14.3. The van der Waals surface area contributed by atoms with Gasteiger partial charge < -0.3 is 14.6 Å². The van der Waals surface area contributed by atoms with Crippen LogP contribution in [-0.2, 0) is 4.79 Å². The number of carboxylic acids is 1. The predicted octanol–water partition coefficient (Wildman–Crippen LogP) is 5.41. The maximum atomic E-state index is 10.4. The van der Waals surface area contributed by atoms with Crippen molar-refractivity contribution in [2.45, 2.75) is 64.2 Å². The summed E-state index contributed by atoms with van der Waals surface area (Å²) in [4.78, 5) is 10.4. The van der Waals surface area contributed by atoms with Crippen molar-refractivity contribution in [2.24, 2.45) is 0 Å². The van der Waals surface area contributed by atoms with Crippen molar-refractivity contribution in [2.75, 3.05) is 6.79 Å². The van der Waals surface area contributed by atoms with Gasteiger partial charge in [-0.05, 0) is 37.0 Å².